The first-order chi connectivity index (χ1) is 9.03. The van der Waals surface area contributed by atoms with Crippen molar-refractivity contribution in [2.24, 2.45) is 11.8 Å². The standard InChI is InChI=1S/C14H18N2O2S/c1-11-3-2-4-13(11)10-16-19(17,18)14-7-5-12(9-15)6-8-14/h5-8,11,13,16H,2-4,10H2,1H3. The van der Waals surface area contributed by atoms with Crippen molar-refractivity contribution in [2.45, 2.75) is 31.1 Å². The number of hydrogen-bond acceptors (Lipinski definition) is 3. The lowest BCUT2D eigenvalue weighted by Gasteiger charge is -2.16. The summed E-state index contributed by atoms with van der Waals surface area (Å²) in [5, 5.41) is 8.69. The number of nitriles is 1. The monoisotopic (exact) mass is 278 g/mol. The molecule has 102 valence electrons. The summed E-state index contributed by atoms with van der Waals surface area (Å²) in [4.78, 5) is 0.220. The van der Waals surface area contributed by atoms with Gasteiger partial charge in [-0.2, -0.15) is 5.26 Å². The van der Waals surface area contributed by atoms with Crippen LogP contribution in [0.2, 0.25) is 0 Å². The van der Waals surface area contributed by atoms with Crippen molar-refractivity contribution in [3.05, 3.63) is 29.8 Å². The van der Waals surface area contributed by atoms with Crippen molar-refractivity contribution in [2.75, 3.05) is 6.54 Å². The normalized spacial score (nSPS) is 23.2. The van der Waals surface area contributed by atoms with Crippen LogP contribution >= 0.6 is 0 Å². The van der Waals surface area contributed by atoms with Gasteiger partial charge in [0.25, 0.3) is 0 Å². The summed E-state index contributed by atoms with van der Waals surface area (Å²) >= 11 is 0. The van der Waals surface area contributed by atoms with Crippen LogP contribution in [0.3, 0.4) is 0 Å². The third-order valence-corrected chi connectivity index (χ3v) is 5.31. The van der Waals surface area contributed by atoms with Crippen LogP contribution in [0, 0.1) is 23.2 Å². The molecule has 1 aromatic rings. The second-order valence-corrected chi connectivity index (χ2v) is 6.92. The van der Waals surface area contributed by atoms with Gasteiger partial charge in [-0.25, -0.2) is 13.1 Å². The van der Waals surface area contributed by atoms with Crippen molar-refractivity contribution in [1.29, 1.82) is 5.26 Å². The third-order valence-electron chi connectivity index (χ3n) is 3.87. The first-order valence-electron chi connectivity index (χ1n) is 6.53. The van der Waals surface area contributed by atoms with E-state index >= 15 is 0 Å². The Labute approximate surface area is 114 Å². The van der Waals surface area contributed by atoms with Gasteiger partial charge in [0.05, 0.1) is 16.5 Å². The molecule has 1 saturated carbocycles. The maximum Gasteiger partial charge on any atom is 0.240 e. The maximum atomic E-state index is 12.1. The molecule has 1 N–H and O–H groups in total. The summed E-state index contributed by atoms with van der Waals surface area (Å²) in [7, 11) is -3.46. The number of nitrogens with zero attached hydrogens (tertiary/aromatic N) is 1. The highest BCUT2D eigenvalue weighted by Crippen LogP contribution is 2.30. The maximum absolute atomic E-state index is 12.1. The molecule has 0 radical (unpaired) electrons. The van der Waals surface area contributed by atoms with Gasteiger partial charge in [0.1, 0.15) is 0 Å². The Morgan fingerprint density at radius 2 is 2.00 bits per heavy atom. The minimum Gasteiger partial charge on any atom is -0.211 e. The van der Waals surface area contributed by atoms with E-state index in [9.17, 15) is 8.42 Å². The van der Waals surface area contributed by atoms with Gasteiger partial charge >= 0.3 is 0 Å². The molecular weight excluding hydrogens is 260 g/mol. The van der Waals surface area contributed by atoms with Gasteiger partial charge in [0, 0.05) is 6.54 Å². The molecule has 0 amide bonds. The molecule has 0 aliphatic heterocycles. The molecule has 1 aromatic carbocycles. The molecule has 2 rings (SSSR count). The van der Waals surface area contributed by atoms with Crippen LogP contribution in [-0.4, -0.2) is 15.0 Å². The summed E-state index contributed by atoms with van der Waals surface area (Å²) < 4.78 is 26.9. The van der Waals surface area contributed by atoms with Crippen LogP contribution in [0.15, 0.2) is 29.2 Å². The lowest BCUT2D eigenvalue weighted by Crippen LogP contribution is -2.30. The number of nitrogens with one attached hydrogen (secondary N) is 1. The molecule has 2 unspecified atom stereocenters. The smallest absolute Gasteiger partial charge is 0.211 e. The van der Waals surface area contributed by atoms with E-state index in [0.29, 0.717) is 23.9 Å². The summed E-state index contributed by atoms with van der Waals surface area (Å²) in [5.41, 5.74) is 0.461. The Kier molecular flexibility index (Phi) is 4.23. The Morgan fingerprint density at radius 3 is 2.53 bits per heavy atom. The van der Waals surface area contributed by atoms with E-state index < -0.39 is 10.0 Å². The molecule has 19 heavy (non-hydrogen) atoms. The van der Waals surface area contributed by atoms with E-state index in [1.54, 1.807) is 0 Å². The minimum atomic E-state index is -3.46. The van der Waals surface area contributed by atoms with Gasteiger partial charge in [0.15, 0.2) is 0 Å². The highest BCUT2D eigenvalue weighted by molar-refractivity contribution is 7.89. The second kappa shape index (κ2) is 5.72. The van der Waals surface area contributed by atoms with Gasteiger partial charge in [-0.1, -0.05) is 19.8 Å². The van der Waals surface area contributed by atoms with E-state index in [4.69, 9.17) is 5.26 Å². The molecule has 4 nitrogen and oxygen atoms in total. The molecule has 5 heteroatoms. The zero-order valence-corrected chi connectivity index (χ0v) is 11.8. The van der Waals surface area contributed by atoms with Gasteiger partial charge in [-0.15, -0.1) is 0 Å². The average molecular weight is 278 g/mol. The Bertz CT molecular complexity index is 572. The average Bonchev–Trinajstić information content (AvgIpc) is 2.82. The molecule has 0 heterocycles. The Hall–Kier alpha value is -1.38. The fourth-order valence-electron chi connectivity index (χ4n) is 2.53. The summed E-state index contributed by atoms with van der Waals surface area (Å²) in [6, 6.07) is 7.96. The topological polar surface area (TPSA) is 70.0 Å². The first kappa shape index (κ1) is 14.0. The van der Waals surface area contributed by atoms with Crippen LogP contribution < -0.4 is 4.72 Å². The zero-order valence-electron chi connectivity index (χ0n) is 11.0. The third kappa shape index (κ3) is 3.34. The number of hydrogen-bond donors (Lipinski definition) is 1. The molecule has 0 bridgehead atoms. The van der Waals surface area contributed by atoms with Gasteiger partial charge < -0.3 is 0 Å². The molecular formula is C14H18N2O2S. The first-order valence-corrected chi connectivity index (χ1v) is 8.01. The van der Waals surface area contributed by atoms with Crippen molar-refractivity contribution >= 4 is 10.0 Å². The summed E-state index contributed by atoms with van der Waals surface area (Å²) in [5.74, 6) is 1.02. The molecule has 0 spiro atoms. The Balaban J connectivity index is 2.03. The molecule has 1 aliphatic carbocycles. The molecule has 1 aliphatic rings. The fraction of sp³-hybridized carbons (Fsp3) is 0.500. The largest absolute Gasteiger partial charge is 0.240 e. The predicted octanol–water partition coefficient (Wildman–Crippen LogP) is 2.27. The molecule has 0 aromatic heterocycles. The highest BCUT2D eigenvalue weighted by Gasteiger charge is 2.25. The molecule has 0 saturated heterocycles. The van der Waals surface area contributed by atoms with E-state index in [0.717, 1.165) is 6.42 Å². The fourth-order valence-corrected chi connectivity index (χ4v) is 3.63. The number of sulfonamides is 1. The van der Waals surface area contributed by atoms with E-state index in [1.165, 1.54) is 37.1 Å². The summed E-state index contributed by atoms with van der Waals surface area (Å²) in [6.45, 7) is 2.68. The van der Waals surface area contributed by atoms with Crippen molar-refractivity contribution < 1.29 is 8.42 Å². The Morgan fingerprint density at radius 1 is 1.32 bits per heavy atom. The van der Waals surface area contributed by atoms with Crippen LogP contribution in [-0.2, 0) is 10.0 Å². The molecule has 1 fully saturated rings. The highest BCUT2D eigenvalue weighted by atomic mass is 32.2. The second-order valence-electron chi connectivity index (χ2n) is 5.16. The van der Waals surface area contributed by atoms with E-state index in [1.807, 2.05) is 6.07 Å². The lowest BCUT2D eigenvalue weighted by molar-refractivity contribution is 0.414. The van der Waals surface area contributed by atoms with Crippen molar-refractivity contribution in [1.82, 2.24) is 4.72 Å². The van der Waals surface area contributed by atoms with Crippen LogP contribution in [0.4, 0.5) is 0 Å². The van der Waals surface area contributed by atoms with Crippen LogP contribution in [0.25, 0.3) is 0 Å². The minimum absolute atomic E-state index is 0.220. The quantitative estimate of drug-likeness (QED) is 0.918. The predicted molar refractivity (Wildman–Crippen MR) is 72.9 cm³/mol. The molecule has 2 atom stereocenters. The summed E-state index contributed by atoms with van der Waals surface area (Å²) in [6.07, 6.45) is 3.46. The van der Waals surface area contributed by atoms with Crippen LogP contribution in [0.1, 0.15) is 31.7 Å². The lowest BCUT2D eigenvalue weighted by atomic mass is 9.99. The van der Waals surface area contributed by atoms with Crippen molar-refractivity contribution in [3.8, 4) is 6.07 Å². The van der Waals surface area contributed by atoms with E-state index in [-0.39, 0.29) is 4.90 Å². The number of benzene rings is 1. The van der Waals surface area contributed by atoms with Crippen molar-refractivity contribution in [3.63, 3.8) is 0 Å². The number of rotatable bonds is 4. The van der Waals surface area contributed by atoms with Gasteiger partial charge in [0.2, 0.25) is 10.0 Å². The zero-order chi connectivity index (χ0) is 13.9. The van der Waals surface area contributed by atoms with Gasteiger partial charge in [-0.05, 0) is 42.5 Å². The SMILES string of the molecule is CC1CCCC1CNS(=O)(=O)c1ccc(C#N)cc1. The van der Waals surface area contributed by atoms with Crippen LogP contribution in [0.5, 0.6) is 0 Å². The van der Waals surface area contributed by atoms with E-state index in [2.05, 4.69) is 11.6 Å². The van der Waals surface area contributed by atoms with Gasteiger partial charge in [-0.3, -0.25) is 0 Å².